The highest BCUT2D eigenvalue weighted by molar-refractivity contribution is 7.51. The number of hydrogen-bond donors (Lipinski definition) is 2. The molecule has 1 rings (SSSR count). The minimum Gasteiger partial charge on any atom is -0.423 e. The molecule has 2 nitrogen and oxygen atoms in total. The molecule has 0 aliphatic carbocycles. The zero-order valence-corrected chi connectivity index (χ0v) is 13.3. The van der Waals surface area contributed by atoms with Crippen LogP contribution in [0, 0.1) is 13.8 Å². The van der Waals surface area contributed by atoms with Crippen LogP contribution in [0.4, 0.5) is 0 Å². The van der Waals surface area contributed by atoms with Gasteiger partial charge in [-0.15, -0.1) is 5.46 Å². The zero-order valence-electron chi connectivity index (χ0n) is 13.3. The second-order valence-electron chi connectivity index (χ2n) is 5.95. The van der Waals surface area contributed by atoms with Gasteiger partial charge in [-0.2, -0.15) is 0 Å². The third-order valence-corrected chi connectivity index (χ3v) is 4.41. The molecule has 0 amide bonds. The Labute approximate surface area is 123 Å². The standard InChI is InChI=1S/C8H19B9O2/c1-3-5(9)6(16(13)14-10)4(2)7(15(11)12)8(3)17(18)19/h14,18-19H,9-13H2,1-2H3. The van der Waals surface area contributed by atoms with Gasteiger partial charge >= 0.3 is 7.12 Å². The molecule has 0 heterocycles. The van der Waals surface area contributed by atoms with Crippen molar-refractivity contribution < 1.29 is 10.0 Å². The van der Waals surface area contributed by atoms with Gasteiger partial charge in [0.2, 0.25) is 0 Å². The molecule has 19 heavy (non-hydrogen) atoms. The molecule has 1 aromatic rings. The second kappa shape index (κ2) is 6.45. The maximum Gasteiger partial charge on any atom is 0.488 e. The van der Waals surface area contributed by atoms with Crippen LogP contribution in [0.2, 0.25) is 0 Å². The number of rotatable bonds is 4. The Bertz CT molecular complexity index is 476. The summed E-state index contributed by atoms with van der Waals surface area (Å²) >= 11 is 0. The van der Waals surface area contributed by atoms with E-state index in [1.54, 1.807) is 0 Å². The van der Waals surface area contributed by atoms with Gasteiger partial charge in [-0.1, -0.05) is 22.1 Å². The molecule has 0 unspecified atom stereocenters. The Morgan fingerprint density at radius 1 is 0.947 bits per heavy atom. The summed E-state index contributed by atoms with van der Waals surface area (Å²) in [5, 5.41) is 19.5. The van der Waals surface area contributed by atoms with Gasteiger partial charge in [0.1, 0.15) is 14.3 Å². The van der Waals surface area contributed by atoms with Gasteiger partial charge in [0, 0.05) is 0 Å². The third kappa shape index (κ3) is 3.08. The van der Waals surface area contributed by atoms with Crippen LogP contribution >= 0.6 is 0 Å². The molecule has 0 aliphatic rings. The van der Waals surface area contributed by atoms with E-state index in [0.29, 0.717) is 18.5 Å². The van der Waals surface area contributed by atoms with E-state index >= 15 is 0 Å². The van der Waals surface area contributed by atoms with Gasteiger partial charge in [0.25, 0.3) is 0 Å². The number of hydrogen-bond acceptors (Lipinski definition) is 2. The average Bonchev–Trinajstić information content (AvgIpc) is 2.32. The first-order valence-electron chi connectivity index (χ1n) is 7.23. The fourth-order valence-corrected chi connectivity index (χ4v) is 3.25. The summed E-state index contributed by atoms with van der Waals surface area (Å²) in [4.78, 5) is 0. The fourth-order valence-electron chi connectivity index (χ4n) is 3.25. The van der Waals surface area contributed by atoms with Crippen LogP contribution in [0.25, 0.3) is 0 Å². The van der Waals surface area contributed by atoms with E-state index in [1.807, 2.05) is 6.92 Å². The van der Waals surface area contributed by atoms with Crippen LogP contribution in [0.15, 0.2) is 0 Å². The molecule has 0 saturated carbocycles. The summed E-state index contributed by atoms with van der Waals surface area (Å²) in [7, 11) is 10.5. The topological polar surface area (TPSA) is 40.5 Å². The second-order valence-corrected chi connectivity index (χ2v) is 5.95. The van der Waals surface area contributed by atoms with Crippen molar-refractivity contribution in [2.75, 3.05) is 0 Å². The maximum absolute atomic E-state index is 9.73. The van der Waals surface area contributed by atoms with Gasteiger partial charge in [-0.3, -0.25) is 0 Å². The first-order valence-corrected chi connectivity index (χ1v) is 7.23. The Kier molecular flexibility index (Phi) is 5.70. The lowest BCUT2D eigenvalue weighted by Gasteiger charge is -2.26. The molecule has 0 spiro atoms. The van der Waals surface area contributed by atoms with Gasteiger partial charge in [-0.25, -0.2) is 0 Å². The van der Waals surface area contributed by atoms with Crippen LogP contribution in [-0.4, -0.2) is 76.0 Å². The molecule has 0 bridgehead atoms. The van der Waals surface area contributed by atoms with Gasteiger partial charge in [0.05, 0.1) is 44.5 Å². The maximum atomic E-state index is 9.73. The van der Waals surface area contributed by atoms with Gasteiger partial charge < -0.3 is 10.0 Å². The van der Waals surface area contributed by atoms with Crippen molar-refractivity contribution in [3.05, 3.63) is 11.1 Å². The minimum atomic E-state index is -1.39. The van der Waals surface area contributed by atoms with Crippen LogP contribution in [0.1, 0.15) is 11.1 Å². The van der Waals surface area contributed by atoms with E-state index in [1.165, 1.54) is 16.5 Å². The molecule has 0 saturated heterocycles. The van der Waals surface area contributed by atoms with Crippen molar-refractivity contribution in [2.24, 2.45) is 0 Å². The van der Waals surface area contributed by atoms with Crippen LogP contribution in [-0.2, 0) is 0 Å². The molecule has 0 aromatic heterocycles. The summed E-state index contributed by atoms with van der Waals surface area (Å²) < 4.78 is 0. The lowest BCUT2D eigenvalue weighted by atomic mass is 9.02. The molecule has 2 N–H and O–H groups in total. The first kappa shape index (κ1) is 16.8. The Morgan fingerprint density at radius 3 is 1.84 bits per heavy atom. The molecule has 0 atom stereocenters. The van der Waals surface area contributed by atoms with Crippen molar-refractivity contribution in [3.8, 4) is 0 Å². The monoisotopic (exact) mass is 246 g/mol. The summed E-state index contributed by atoms with van der Waals surface area (Å²) in [6, 6.07) is 0. The van der Waals surface area contributed by atoms with Crippen molar-refractivity contribution in [1.29, 1.82) is 0 Å². The highest BCUT2D eigenvalue weighted by Crippen LogP contribution is 1.96. The molecule has 0 radical (unpaired) electrons. The minimum absolute atomic E-state index is 0.291. The van der Waals surface area contributed by atoms with E-state index in [0.717, 1.165) is 18.1 Å². The molecule has 0 fully saturated rings. The summed E-state index contributed by atoms with van der Waals surface area (Å²) in [5.74, 6) is 0. The smallest absolute Gasteiger partial charge is 0.423 e. The van der Waals surface area contributed by atoms with E-state index in [-0.39, 0.29) is 0 Å². The van der Waals surface area contributed by atoms with Crippen molar-refractivity contribution in [1.82, 2.24) is 0 Å². The van der Waals surface area contributed by atoms with Crippen molar-refractivity contribution in [2.45, 2.75) is 13.8 Å². The van der Waals surface area contributed by atoms with Crippen LogP contribution in [0.5, 0.6) is 0 Å². The highest BCUT2D eigenvalue weighted by atomic mass is 16.4. The predicted octanol–water partition coefficient (Wildman–Crippen LogP) is -8.48. The predicted molar refractivity (Wildman–Crippen MR) is 106 cm³/mol. The summed E-state index contributed by atoms with van der Waals surface area (Å²) in [6.07, 6.45) is 0. The molecule has 90 valence electrons. The molecular formula is C8H19B9O2. The lowest BCUT2D eigenvalue weighted by Crippen LogP contribution is -2.61. The Morgan fingerprint density at radius 2 is 1.47 bits per heavy atom. The summed E-state index contributed by atoms with van der Waals surface area (Å²) in [6.45, 7) is 4.91. The van der Waals surface area contributed by atoms with Crippen molar-refractivity contribution in [3.63, 3.8) is 0 Å². The van der Waals surface area contributed by atoms with E-state index < -0.39 is 7.12 Å². The highest BCUT2D eigenvalue weighted by Gasteiger charge is 2.27. The lowest BCUT2D eigenvalue weighted by molar-refractivity contribution is 0.426. The number of benzene rings is 1. The third-order valence-electron chi connectivity index (χ3n) is 4.41. The van der Waals surface area contributed by atoms with E-state index in [2.05, 4.69) is 45.7 Å². The van der Waals surface area contributed by atoms with Gasteiger partial charge in [0.15, 0.2) is 0 Å². The van der Waals surface area contributed by atoms with Crippen LogP contribution < -0.4 is 21.9 Å². The Hall–Kier alpha value is -0.276. The molecule has 0 aliphatic heterocycles. The SMILES string of the molecule is BBB(B)c1c(B)c(C)c(B(O)O)c(B(B)B)c1C. The normalized spacial score (nSPS) is 10.1. The Balaban J connectivity index is 3.73. The van der Waals surface area contributed by atoms with E-state index in [4.69, 9.17) is 0 Å². The zero-order chi connectivity index (χ0) is 14.9. The fraction of sp³-hybridized carbons (Fsp3) is 0.250. The quantitative estimate of drug-likeness (QED) is 0.517. The molecule has 11 heteroatoms. The largest absolute Gasteiger partial charge is 0.488 e. The van der Waals surface area contributed by atoms with Crippen molar-refractivity contribution >= 4 is 87.8 Å². The van der Waals surface area contributed by atoms with E-state index in [9.17, 15) is 10.0 Å². The first-order chi connectivity index (χ1) is 8.73. The summed E-state index contributed by atoms with van der Waals surface area (Å²) in [5.41, 5.74) is 6.66. The molecule has 1 aromatic carbocycles. The molecular weight excluding hydrogens is 225 g/mol. The van der Waals surface area contributed by atoms with Gasteiger partial charge in [-0.05, 0) is 19.3 Å². The van der Waals surface area contributed by atoms with Crippen LogP contribution in [0.3, 0.4) is 0 Å². The average molecular weight is 245 g/mol.